The maximum Gasteiger partial charge on any atom is 0.278 e. The second kappa shape index (κ2) is 4.99. The van der Waals surface area contributed by atoms with Crippen LogP contribution < -0.4 is 9.47 Å². The summed E-state index contributed by atoms with van der Waals surface area (Å²) >= 11 is 0. The van der Waals surface area contributed by atoms with Crippen molar-refractivity contribution in [2.45, 2.75) is 19.4 Å². The van der Waals surface area contributed by atoms with E-state index in [-0.39, 0.29) is 12.0 Å². The van der Waals surface area contributed by atoms with Gasteiger partial charge in [-0.2, -0.15) is 0 Å². The third-order valence-electron chi connectivity index (χ3n) is 2.70. The molecule has 0 aliphatic carbocycles. The zero-order valence-corrected chi connectivity index (χ0v) is 9.92. The van der Waals surface area contributed by atoms with Crippen molar-refractivity contribution in [3.63, 3.8) is 0 Å². The fourth-order valence-electron chi connectivity index (χ4n) is 1.80. The third kappa shape index (κ3) is 2.64. The van der Waals surface area contributed by atoms with E-state index in [1.165, 1.54) is 7.11 Å². The predicted octanol–water partition coefficient (Wildman–Crippen LogP) is 0.485. The molecule has 1 saturated heterocycles. The first-order valence-corrected chi connectivity index (χ1v) is 5.48. The highest BCUT2D eigenvalue weighted by atomic mass is 16.5. The molecule has 0 bridgehead atoms. The summed E-state index contributed by atoms with van der Waals surface area (Å²) < 4.78 is 10.7. The van der Waals surface area contributed by atoms with Gasteiger partial charge in [0.15, 0.2) is 0 Å². The SMILES string of the molecule is COc1nccnc1OC1CCN(C(C)=O)C1. The van der Waals surface area contributed by atoms with Gasteiger partial charge in [0, 0.05) is 32.3 Å². The molecule has 2 rings (SSSR count). The summed E-state index contributed by atoms with van der Waals surface area (Å²) in [7, 11) is 1.52. The molecule has 0 radical (unpaired) electrons. The summed E-state index contributed by atoms with van der Waals surface area (Å²) in [5, 5.41) is 0. The molecular weight excluding hydrogens is 222 g/mol. The molecule has 2 heterocycles. The van der Waals surface area contributed by atoms with E-state index in [2.05, 4.69) is 9.97 Å². The van der Waals surface area contributed by atoms with Gasteiger partial charge in [-0.3, -0.25) is 4.79 Å². The molecule has 0 spiro atoms. The van der Waals surface area contributed by atoms with E-state index in [0.717, 1.165) is 13.0 Å². The van der Waals surface area contributed by atoms with E-state index in [9.17, 15) is 4.79 Å². The lowest BCUT2D eigenvalue weighted by atomic mass is 10.3. The van der Waals surface area contributed by atoms with Crippen LogP contribution in [0.5, 0.6) is 11.8 Å². The number of carbonyl (C=O) groups excluding carboxylic acids is 1. The first-order chi connectivity index (χ1) is 8.20. The largest absolute Gasteiger partial charge is 0.477 e. The minimum atomic E-state index is -0.0375. The van der Waals surface area contributed by atoms with Crippen LogP contribution >= 0.6 is 0 Å². The van der Waals surface area contributed by atoms with E-state index < -0.39 is 0 Å². The van der Waals surface area contributed by atoms with Gasteiger partial charge in [-0.1, -0.05) is 0 Å². The standard InChI is InChI=1S/C11H15N3O3/c1-8(15)14-6-3-9(7-14)17-11-10(16-2)12-4-5-13-11/h4-5,9H,3,6-7H2,1-2H3. The molecule has 6 heteroatoms. The maximum absolute atomic E-state index is 11.2. The van der Waals surface area contributed by atoms with Crippen LogP contribution in [0.2, 0.25) is 0 Å². The average Bonchev–Trinajstić information content (AvgIpc) is 2.78. The third-order valence-corrected chi connectivity index (χ3v) is 2.70. The molecule has 1 aliphatic rings. The van der Waals surface area contributed by atoms with Gasteiger partial charge in [0.1, 0.15) is 6.10 Å². The highest BCUT2D eigenvalue weighted by molar-refractivity contribution is 5.73. The number of ether oxygens (including phenoxy) is 2. The quantitative estimate of drug-likeness (QED) is 0.765. The molecule has 1 aromatic heterocycles. The topological polar surface area (TPSA) is 64.6 Å². The Morgan fingerprint density at radius 1 is 1.41 bits per heavy atom. The Morgan fingerprint density at radius 3 is 2.71 bits per heavy atom. The predicted molar refractivity (Wildman–Crippen MR) is 59.9 cm³/mol. The van der Waals surface area contributed by atoms with Gasteiger partial charge >= 0.3 is 0 Å². The molecule has 17 heavy (non-hydrogen) atoms. The van der Waals surface area contributed by atoms with Gasteiger partial charge in [-0.05, 0) is 0 Å². The van der Waals surface area contributed by atoms with Crippen molar-refractivity contribution in [3.05, 3.63) is 12.4 Å². The normalized spacial score (nSPS) is 19.2. The van der Waals surface area contributed by atoms with Crippen molar-refractivity contribution in [2.75, 3.05) is 20.2 Å². The van der Waals surface area contributed by atoms with Gasteiger partial charge in [0.25, 0.3) is 11.8 Å². The van der Waals surface area contributed by atoms with E-state index in [0.29, 0.717) is 18.3 Å². The van der Waals surface area contributed by atoms with E-state index in [4.69, 9.17) is 9.47 Å². The van der Waals surface area contributed by atoms with Crippen LogP contribution in [0.25, 0.3) is 0 Å². The highest BCUT2D eigenvalue weighted by Crippen LogP contribution is 2.23. The van der Waals surface area contributed by atoms with Gasteiger partial charge in [0.05, 0.1) is 13.7 Å². The summed E-state index contributed by atoms with van der Waals surface area (Å²) in [4.78, 5) is 21.0. The molecule has 1 amide bonds. The number of hydrogen-bond acceptors (Lipinski definition) is 5. The van der Waals surface area contributed by atoms with Crippen LogP contribution in [0.3, 0.4) is 0 Å². The van der Waals surface area contributed by atoms with Crippen molar-refractivity contribution in [3.8, 4) is 11.8 Å². The smallest absolute Gasteiger partial charge is 0.278 e. The number of likely N-dealkylation sites (tertiary alicyclic amines) is 1. The Hall–Kier alpha value is -1.85. The first kappa shape index (κ1) is 11.6. The zero-order valence-electron chi connectivity index (χ0n) is 9.92. The zero-order chi connectivity index (χ0) is 12.3. The summed E-state index contributed by atoms with van der Waals surface area (Å²) in [6, 6.07) is 0. The van der Waals surface area contributed by atoms with Crippen LogP contribution in [-0.2, 0) is 4.79 Å². The van der Waals surface area contributed by atoms with Crippen LogP contribution in [0.4, 0.5) is 0 Å². The number of rotatable bonds is 3. The molecule has 0 saturated carbocycles. The number of hydrogen-bond donors (Lipinski definition) is 0. The summed E-state index contributed by atoms with van der Waals surface area (Å²) in [5.74, 6) is 0.821. The number of amides is 1. The second-order valence-corrected chi connectivity index (χ2v) is 3.86. The fraction of sp³-hybridized carbons (Fsp3) is 0.545. The second-order valence-electron chi connectivity index (χ2n) is 3.86. The molecule has 1 unspecified atom stereocenters. The number of methoxy groups -OCH3 is 1. The Bertz CT molecular complexity index is 411. The minimum Gasteiger partial charge on any atom is -0.477 e. The van der Waals surface area contributed by atoms with E-state index >= 15 is 0 Å². The molecule has 0 N–H and O–H groups in total. The molecule has 1 fully saturated rings. The fourth-order valence-corrected chi connectivity index (χ4v) is 1.80. The van der Waals surface area contributed by atoms with Crippen molar-refractivity contribution < 1.29 is 14.3 Å². The van der Waals surface area contributed by atoms with Gasteiger partial charge in [-0.25, -0.2) is 9.97 Å². The molecule has 1 atom stereocenters. The van der Waals surface area contributed by atoms with Crippen LogP contribution in [0.1, 0.15) is 13.3 Å². The van der Waals surface area contributed by atoms with Gasteiger partial charge in [0.2, 0.25) is 5.91 Å². The van der Waals surface area contributed by atoms with Crippen molar-refractivity contribution in [1.29, 1.82) is 0 Å². The monoisotopic (exact) mass is 237 g/mol. The lowest BCUT2D eigenvalue weighted by Gasteiger charge is -2.15. The van der Waals surface area contributed by atoms with E-state index in [1.54, 1.807) is 24.2 Å². The molecule has 1 aromatic rings. The van der Waals surface area contributed by atoms with E-state index in [1.807, 2.05) is 0 Å². The Balaban J connectivity index is 2.00. The Kier molecular flexibility index (Phi) is 3.41. The van der Waals surface area contributed by atoms with Crippen LogP contribution in [0, 0.1) is 0 Å². The average molecular weight is 237 g/mol. The lowest BCUT2D eigenvalue weighted by molar-refractivity contribution is -0.128. The molecule has 92 valence electrons. The molecule has 6 nitrogen and oxygen atoms in total. The Morgan fingerprint density at radius 2 is 2.12 bits per heavy atom. The minimum absolute atomic E-state index is 0.0375. The van der Waals surface area contributed by atoms with Crippen molar-refractivity contribution in [1.82, 2.24) is 14.9 Å². The molecule has 0 aromatic carbocycles. The Labute approximate surface area is 99.6 Å². The number of nitrogens with zero attached hydrogens (tertiary/aromatic N) is 3. The summed E-state index contributed by atoms with van der Waals surface area (Å²) in [6.07, 6.45) is 3.86. The van der Waals surface area contributed by atoms with Crippen molar-refractivity contribution >= 4 is 5.91 Å². The van der Waals surface area contributed by atoms with Crippen LogP contribution in [-0.4, -0.2) is 47.1 Å². The van der Waals surface area contributed by atoms with Crippen molar-refractivity contribution in [2.24, 2.45) is 0 Å². The first-order valence-electron chi connectivity index (χ1n) is 5.48. The van der Waals surface area contributed by atoms with Crippen LogP contribution in [0.15, 0.2) is 12.4 Å². The van der Waals surface area contributed by atoms with Gasteiger partial charge in [-0.15, -0.1) is 0 Å². The number of aromatic nitrogens is 2. The summed E-state index contributed by atoms with van der Waals surface area (Å²) in [6.45, 7) is 2.88. The highest BCUT2D eigenvalue weighted by Gasteiger charge is 2.26. The summed E-state index contributed by atoms with van der Waals surface area (Å²) in [5.41, 5.74) is 0. The van der Waals surface area contributed by atoms with Gasteiger partial charge < -0.3 is 14.4 Å². The molecule has 1 aliphatic heterocycles. The molecular formula is C11H15N3O3. The lowest BCUT2D eigenvalue weighted by Crippen LogP contribution is -2.28. The maximum atomic E-state index is 11.2. The number of carbonyl (C=O) groups is 1.